The second-order valence-electron chi connectivity index (χ2n) is 6.87. The van der Waals surface area contributed by atoms with Crippen molar-refractivity contribution in [2.45, 2.75) is 45.2 Å². The zero-order valence-electron chi connectivity index (χ0n) is 15.2. The van der Waals surface area contributed by atoms with E-state index in [1.807, 2.05) is 19.1 Å². The van der Waals surface area contributed by atoms with Crippen molar-refractivity contribution in [1.82, 2.24) is 10.2 Å². The highest BCUT2D eigenvalue weighted by molar-refractivity contribution is 5.79. The van der Waals surface area contributed by atoms with E-state index < -0.39 is 0 Å². The maximum atomic E-state index is 12.6. The fraction of sp³-hybridized carbons (Fsp3) is 0.650. The maximum Gasteiger partial charge on any atom is 0.224 e. The molecule has 1 saturated carbocycles. The van der Waals surface area contributed by atoms with Crippen molar-refractivity contribution in [2.75, 3.05) is 32.9 Å². The zero-order chi connectivity index (χ0) is 17.5. The van der Waals surface area contributed by atoms with Gasteiger partial charge in [-0.1, -0.05) is 31.0 Å². The minimum atomic E-state index is 0.0890. The van der Waals surface area contributed by atoms with Gasteiger partial charge in [0.2, 0.25) is 5.91 Å². The summed E-state index contributed by atoms with van der Waals surface area (Å²) in [6.07, 6.45) is 4.41. The van der Waals surface area contributed by atoms with Gasteiger partial charge in [-0.15, -0.1) is 0 Å². The molecule has 2 unspecified atom stereocenters. The molecule has 3 rings (SSSR count). The van der Waals surface area contributed by atoms with Gasteiger partial charge in [0, 0.05) is 31.2 Å². The fourth-order valence-electron chi connectivity index (χ4n) is 4.03. The number of hydrogen-bond donors (Lipinski definition) is 1. The molecule has 138 valence electrons. The van der Waals surface area contributed by atoms with E-state index in [9.17, 15) is 4.79 Å². The van der Waals surface area contributed by atoms with Crippen LogP contribution in [0.5, 0.6) is 5.75 Å². The Morgan fingerprint density at radius 1 is 1.24 bits per heavy atom. The number of nitrogens with zero attached hydrogens (tertiary/aromatic N) is 1. The molecule has 1 aliphatic heterocycles. The molecule has 0 radical (unpaired) electrons. The van der Waals surface area contributed by atoms with Crippen molar-refractivity contribution >= 4 is 5.91 Å². The van der Waals surface area contributed by atoms with Crippen LogP contribution in [-0.4, -0.2) is 49.8 Å². The Bertz CT molecular complexity index is 564. The molecule has 1 amide bonds. The topological polar surface area (TPSA) is 50.8 Å². The highest BCUT2D eigenvalue weighted by Gasteiger charge is 2.35. The van der Waals surface area contributed by atoms with Crippen molar-refractivity contribution in [1.29, 1.82) is 0 Å². The molecule has 0 bridgehead atoms. The molecule has 1 heterocycles. The third-order valence-corrected chi connectivity index (χ3v) is 5.25. The van der Waals surface area contributed by atoms with E-state index in [1.165, 1.54) is 12.0 Å². The first kappa shape index (κ1) is 18.2. The molecule has 2 fully saturated rings. The van der Waals surface area contributed by atoms with Gasteiger partial charge in [0.05, 0.1) is 25.7 Å². The van der Waals surface area contributed by atoms with Gasteiger partial charge in [0.15, 0.2) is 0 Å². The minimum absolute atomic E-state index is 0.0890. The van der Waals surface area contributed by atoms with Gasteiger partial charge in [-0.05, 0) is 25.8 Å². The molecule has 25 heavy (non-hydrogen) atoms. The molecule has 1 saturated heterocycles. The van der Waals surface area contributed by atoms with Crippen molar-refractivity contribution in [3.8, 4) is 5.75 Å². The predicted octanol–water partition coefficient (Wildman–Crippen LogP) is 2.59. The standard InChI is InChI=1S/C20H30N2O3/c1-2-25-19-10-6-3-7-16(19)15-22-12-14-24-13-11-21-20(23)17-8-4-5-9-18(17)22/h3,6-7,10,17-18H,2,4-5,8-9,11-15H2,1H3,(H,21,23). The zero-order valence-corrected chi connectivity index (χ0v) is 15.2. The monoisotopic (exact) mass is 346 g/mol. The summed E-state index contributed by atoms with van der Waals surface area (Å²) in [7, 11) is 0. The van der Waals surface area contributed by atoms with Gasteiger partial charge in [0.25, 0.3) is 0 Å². The van der Waals surface area contributed by atoms with Crippen LogP contribution in [0.15, 0.2) is 24.3 Å². The van der Waals surface area contributed by atoms with Gasteiger partial charge >= 0.3 is 0 Å². The number of rotatable bonds is 4. The smallest absolute Gasteiger partial charge is 0.224 e. The summed E-state index contributed by atoms with van der Waals surface area (Å²) in [6, 6.07) is 8.51. The van der Waals surface area contributed by atoms with Crippen LogP contribution in [-0.2, 0) is 16.1 Å². The molecule has 5 heteroatoms. The Morgan fingerprint density at radius 2 is 2.08 bits per heavy atom. The molecule has 1 aromatic carbocycles. The molecule has 2 aliphatic rings. The molecule has 5 nitrogen and oxygen atoms in total. The average Bonchev–Trinajstić information content (AvgIpc) is 2.64. The molecule has 1 aliphatic carbocycles. The molecule has 1 aromatic rings. The fourth-order valence-corrected chi connectivity index (χ4v) is 4.03. The average molecular weight is 346 g/mol. The van der Waals surface area contributed by atoms with Crippen molar-refractivity contribution in [3.05, 3.63) is 29.8 Å². The summed E-state index contributed by atoms with van der Waals surface area (Å²) in [5, 5.41) is 3.05. The van der Waals surface area contributed by atoms with Gasteiger partial charge in [0.1, 0.15) is 5.75 Å². The van der Waals surface area contributed by atoms with Gasteiger partial charge < -0.3 is 14.8 Å². The Morgan fingerprint density at radius 3 is 2.96 bits per heavy atom. The summed E-state index contributed by atoms with van der Waals surface area (Å²) < 4.78 is 11.5. The lowest BCUT2D eigenvalue weighted by molar-refractivity contribution is -0.129. The summed E-state index contributed by atoms with van der Waals surface area (Å²) in [4.78, 5) is 15.1. The van der Waals surface area contributed by atoms with E-state index in [-0.39, 0.29) is 17.9 Å². The molecule has 2 atom stereocenters. The van der Waals surface area contributed by atoms with E-state index in [4.69, 9.17) is 9.47 Å². The molecule has 1 N–H and O–H groups in total. The second kappa shape index (κ2) is 9.20. The number of hydrogen-bond acceptors (Lipinski definition) is 4. The van der Waals surface area contributed by atoms with E-state index >= 15 is 0 Å². The van der Waals surface area contributed by atoms with Crippen LogP contribution in [0.3, 0.4) is 0 Å². The molecular weight excluding hydrogens is 316 g/mol. The summed E-state index contributed by atoms with van der Waals surface area (Å²) in [5.74, 6) is 1.23. The Kier molecular flexibility index (Phi) is 6.70. The first-order chi connectivity index (χ1) is 12.3. The summed E-state index contributed by atoms with van der Waals surface area (Å²) in [5.41, 5.74) is 1.19. The lowest BCUT2D eigenvalue weighted by Gasteiger charge is -2.40. The quantitative estimate of drug-likeness (QED) is 0.910. The summed E-state index contributed by atoms with van der Waals surface area (Å²) in [6.45, 7) is 6.24. The van der Waals surface area contributed by atoms with Crippen LogP contribution < -0.4 is 10.1 Å². The molecule has 0 aromatic heterocycles. The number of ether oxygens (including phenoxy) is 2. The second-order valence-corrected chi connectivity index (χ2v) is 6.87. The van der Waals surface area contributed by atoms with Crippen LogP contribution in [0.1, 0.15) is 38.2 Å². The Hall–Kier alpha value is -1.59. The van der Waals surface area contributed by atoms with Crippen LogP contribution >= 0.6 is 0 Å². The first-order valence-electron chi connectivity index (χ1n) is 9.59. The van der Waals surface area contributed by atoms with Crippen LogP contribution in [0, 0.1) is 5.92 Å². The lowest BCUT2D eigenvalue weighted by atomic mass is 9.82. The maximum absolute atomic E-state index is 12.6. The van der Waals surface area contributed by atoms with Crippen molar-refractivity contribution in [3.63, 3.8) is 0 Å². The van der Waals surface area contributed by atoms with Crippen LogP contribution in [0.4, 0.5) is 0 Å². The van der Waals surface area contributed by atoms with Crippen LogP contribution in [0.2, 0.25) is 0 Å². The van der Waals surface area contributed by atoms with Gasteiger partial charge in [-0.25, -0.2) is 0 Å². The predicted molar refractivity (Wildman–Crippen MR) is 97.6 cm³/mol. The van der Waals surface area contributed by atoms with Gasteiger partial charge in [-0.2, -0.15) is 0 Å². The lowest BCUT2D eigenvalue weighted by Crippen LogP contribution is -2.50. The number of benzene rings is 1. The van der Waals surface area contributed by atoms with Crippen LogP contribution in [0.25, 0.3) is 0 Å². The van der Waals surface area contributed by atoms with Crippen molar-refractivity contribution < 1.29 is 14.3 Å². The normalized spacial score (nSPS) is 25.7. The number of amides is 1. The minimum Gasteiger partial charge on any atom is -0.494 e. The number of fused-ring (bicyclic) bond motifs is 1. The molecule has 0 spiro atoms. The first-order valence-corrected chi connectivity index (χ1v) is 9.59. The van der Waals surface area contributed by atoms with E-state index in [0.717, 1.165) is 38.1 Å². The molecular formula is C20H30N2O3. The highest BCUT2D eigenvalue weighted by atomic mass is 16.5. The SMILES string of the molecule is CCOc1ccccc1CN1CCOCCNC(=O)C2CCCCC21. The van der Waals surface area contributed by atoms with Crippen molar-refractivity contribution in [2.24, 2.45) is 5.92 Å². The highest BCUT2D eigenvalue weighted by Crippen LogP contribution is 2.31. The Labute approximate surface area is 150 Å². The number of para-hydroxylation sites is 1. The Balaban J connectivity index is 1.81. The third kappa shape index (κ3) is 4.73. The number of nitrogens with one attached hydrogen (secondary N) is 1. The number of carbonyl (C=O) groups excluding carboxylic acids is 1. The van der Waals surface area contributed by atoms with E-state index in [2.05, 4.69) is 22.3 Å². The van der Waals surface area contributed by atoms with Gasteiger partial charge in [-0.3, -0.25) is 9.69 Å². The largest absolute Gasteiger partial charge is 0.494 e. The number of carbonyl (C=O) groups is 1. The van der Waals surface area contributed by atoms with E-state index in [0.29, 0.717) is 26.4 Å². The third-order valence-electron chi connectivity index (χ3n) is 5.25. The van der Waals surface area contributed by atoms with E-state index in [1.54, 1.807) is 0 Å². The summed E-state index contributed by atoms with van der Waals surface area (Å²) >= 11 is 0.